The minimum Gasteiger partial charge on any atom is -0.456 e. The van der Waals surface area contributed by atoms with E-state index in [1.807, 2.05) is 17.4 Å². The smallest absolute Gasteiger partial charge is 0.136 e. The summed E-state index contributed by atoms with van der Waals surface area (Å²) in [6.45, 7) is 0. The summed E-state index contributed by atoms with van der Waals surface area (Å²) in [5.74, 6) is 0. The molecule has 0 saturated heterocycles. The van der Waals surface area contributed by atoms with Crippen molar-refractivity contribution in [3.63, 3.8) is 0 Å². The van der Waals surface area contributed by atoms with Gasteiger partial charge in [0.25, 0.3) is 0 Å². The van der Waals surface area contributed by atoms with Crippen molar-refractivity contribution in [2.75, 3.05) is 0 Å². The number of para-hydroxylation sites is 3. The average Bonchev–Trinajstić information content (AvgIpc) is 3.94. The van der Waals surface area contributed by atoms with Gasteiger partial charge in [-0.2, -0.15) is 0 Å². The second kappa shape index (κ2) is 10.5. The van der Waals surface area contributed by atoms with E-state index in [1.165, 1.54) is 80.6 Å². The minimum absolute atomic E-state index is 0.911. The molecule has 0 spiro atoms. The Labute approximate surface area is 301 Å². The fourth-order valence-corrected chi connectivity index (χ4v) is 9.85. The van der Waals surface area contributed by atoms with Crippen LogP contribution in [0.4, 0.5) is 0 Å². The average molecular weight is 681 g/mol. The maximum absolute atomic E-state index is 6.41. The zero-order chi connectivity index (χ0) is 33.9. The highest BCUT2D eigenvalue weighted by Crippen LogP contribution is 2.45. The number of hydrogen-bond donors (Lipinski definition) is 0. The molecule has 4 aromatic heterocycles. The summed E-state index contributed by atoms with van der Waals surface area (Å²) in [5, 5.41) is 9.88. The van der Waals surface area contributed by atoms with E-state index in [0.29, 0.717) is 0 Å². The molecule has 242 valence electrons. The van der Waals surface area contributed by atoms with Crippen LogP contribution in [0.15, 0.2) is 174 Å². The minimum atomic E-state index is 0.911. The molecule has 0 unspecified atom stereocenters. The van der Waals surface area contributed by atoms with E-state index in [1.54, 1.807) is 0 Å². The number of hydrogen-bond acceptors (Lipinski definition) is 2. The second-order valence-electron chi connectivity index (χ2n) is 13.7. The number of fused-ring (bicyclic) bond motifs is 13. The van der Waals surface area contributed by atoms with E-state index in [9.17, 15) is 0 Å². The summed E-state index contributed by atoms with van der Waals surface area (Å²) in [6, 6.07) is 61.7. The van der Waals surface area contributed by atoms with E-state index in [2.05, 4.69) is 173 Å². The lowest BCUT2D eigenvalue weighted by atomic mass is 10.00. The van der Waals surface area contributed by atoms with Crippen LogP contribution in [0.25, 0.3) is 108 Å². The van der Waals surface area contributed by atoms with Crippen molar-refractivity contribution in [1.29, 1.82) is 0 Å². The van der Waals surface area contributed by atoms with Gasteiger partial charge in [0.1, 0.15) is 11.2 Å². The second-order valence-corrected chi connectivity index (χ2v) is 14.8. The molecule has 3 nitrogen and oxygen atoms in total. The van der Waals surface area contributed by atoms with Crippen LogP contribution < -0.4 is 0 Å². The summed E-state index contributed by atoms with van der Waals surface area (Å²) in [6.07, 6.45) is 0. The molecular formula is C48H28N2OS. The first kappa shape index (κ1) is 28.1. The molecule has 0 saturated carbocycles. The largest absolute Gasteiger partial charge is 0.456 e. The molecule has 52 heavy (non-hydrogen) atoms. The summed E-state index contributed by atoms with van der Waals surface area (Å²) in [7, 11) is 0. The molecule has 0 aliphatic carbocycles. The molecule has 4 heteroatoms. The van der Waals surface area contributed by atoms with Crippen molar-refractivity contribution >= 4 is 97.1 Å². The van der Waals surface area contributed by atoms with Crippen LogP contribution in [0.5, 0.6) is 0 Å². The molecule has 0 N–H and O–H groups in total. The lowest BCUT2D eigenvalue weighted by molar-refractivity contribution is 0.669. The van der Waals surface area contributed by atoms with Crippen molar-refractivity contribution in [2.24, 2.45) is 0 Å². The molecular weight excluding hydrogens is 653 g/mol. The Bertz CT molecular complexity index is 3400. The number of aromatic nitrogens is 2. The number of thiophene rings is 1. The third-order valence-corrected chi connectivity index (χ3v) is 12.1. The third kappa shape index (κ3) is 3.84. The lowest BCUT2D eigenvalue weighted by Gasteiger charge is -2.09. The molecule has 0 radical (unpaired) electrons. The number of benzene rings is 8. The van der Waals surface area contributed by atoms with Gasteiger partial charge in [-0.25, -0.2) is 0 Å². The van der Waals surface area contributed by atoms with Crippen LogP contribution in [0.3, 0.4) is 0 Å². The first-order valence-corrected chi connectivity index (χ1v) is 18.5. The highest BCUT2D eigenvalue weighted by molar-refractivity contribution is 7.26. The molecule has 4 heterocycles. The monoisotopic (exact) mass is 680 g/mol. The number of nitrogens with zero attached hydrogens (tertiary/aromatic N) is 2. The first-order chi connectivity index (χ1) is 25.8. The first-order valence-electron chi connectivity index (χ1n) is 17.7. The Hall–Kier alpha value is -6.62. The van der Waals surface area contributed by atoms with Crippen LogP contribution >= 0.6 is 11.3 Å². The van der Waals surface area contributed by atoms with Gasteiger partial charge < -0.3 is 13.6 Å². The Balaban J connectivity index is 1.14. The van der Waals surface area contributed by atoms with E-state index < -0.39 is 0 Å². The lowest BCUT2D eigenvalue weighted by Crippen LogP contribution is -1.93. The zero-order valence-corrected chi connectivity index (χ0v) is 28.7. The van der Waals surface area contributed by atoms with Gasteiger partial charge >= 0.3 is 0 Å². The summed E-state index contributed by atoms with van der Waals surface area (Å²) >= 11 is 1.90. The van der Waals surface area contributed by atoms with Gasteiger partial charge in [-0.1, -0.05) is 91.0 Å². The molecule has 12 aromatic rings. The van der Waals surface area contributed by atoms with Gasteiger partial charge in [-0.05, 0) is 90.0 Å². The molecule has 0 fully saturated rings. The SMILES string of the molecule is c1ccc(-n2c3ccc(-c4ccc5c(c4)c4c6sc7ccccc7c6ccc4n5-c4ccccc4)cc3c3cc4oc5ccccc5c4cc32)cc1. The maximum Gasteiger partial charge on any atom is 0.136 e. The van der Waals surface area contributed by atoms with Crippen molar-refractivity contribution in [1.82, 2.24) is 9.13 Å². The Morgan fingerprint density at radius 1 is 0.365 bits per heavy atom. The van der Waals surface area contributed by atoms with Gasteiger partial charge in [-0.15, -0.1) is 11.3 Å². The zero-order valence-electron chi connectivity index (χ0n) is 27.9. The molecule has 0 atom stereocenters. The van der Waals surface area contributed by atoms with Crippen LogP contribution in [-0.4, -0.2) is 9.13 Å². The van der Waals surface area contributed by atoms with Crippen molar-refractivity contribution < 1.29 is 4.42 Å². The van der Waals surface area contributed by atoms with E-state index in [4.69, 9.17) is 4.42 Å². The van der Waals surface area contributed by atoms with Crippen LogP contribution in [0, 0.1) is 0 Å². The Morgan fingerprint density at radius 2 is 0.962 bits per heavy atom. The van der Waals surface area contributed by atoms with Crippen molar-refractivity contribution in [2.45, 2.75) is 0 Å². The molecule has 0 aliphatic rings. The highest BCUT2D eigenvalue weighted by Gasteiger charge is 2.20. The van der Waals surface area contributed by atoms with Gasteiger partial charge in [0.2, 0.25) is 0 Å². The van der Waals surface area contributed by atoms with Gasteiger partial charge in [0.15, 0.2) is 0 Å². The normalized spacial score (nSPS) is 12.2. The molecule has 12 rings (SSSR count). The third-order valence-electron chi connectivity index (χ3n) is 10.9. The fraction of sp³-hybridized carbons (Fsp3) is 0. The van der Waals surface area contributed by atoms with Gasteiger partial charge in [0, 0.05) is 63.9 Å². The molecule has 0 bridgehead atoms. The van der Waals surface area contributed by atoms with Gasteiger partial charge in [-0.3, -0.25) is 0 Å². The van der Waals surface area contributed by atoms with Crippen LogP contribution in [0.1, 0.15) is 0 Å². The van der Waals surface area contributed by atoms with Crippen molar-refractivity contribution in [3.05, 3.63) is 170 Å². The molecule has 0 amide bonds. The van der Waals surface area contributed by atoms with Gasteiger partial charge in [0.05, 0.1) is 22.1 Å². The number of furan rings is 1. The maximum atomic E-state index is 6.41. The highest BCUT2D eigenvalue weighted by atomic mass is 32.1. The standard InChI is InChI=1S/C48H28N2OS/c1-3-11-31(12-4-1)49-41-23-20-30(26-39(41)47-42(49)24-21-35-34-16-8-10-18-46(34)52-48(35)47)29-19-22-40-36(25-29)37-28-45-38(33-15-7-9-17-44(33)51-45)27-43(37)50(40)32-13-5-2-6-14-32/h1-28H. The predicted molar refractivity (Wildman–Crippen MR) is 221 cm³/mol. The quantitative estimate of drug-likeness (QED) is 0.182. The Morgan fingerprint density at radius 3 is 1.73 bits per heavy atom. The number of rotatable bonds is 3. The van der Waals surface area contributed by atoms with E-state index in [-0.39, 0.29) is 0 Å². The summed E-state index contributed by atoms with van der Waals surface area (Å²) in [5.41, 5.74) is 11.3. The summed E-state index contributed by atoms with van der Waals surface area (Å²) in [4.78, 5) is 0. The van der Waals surface area contributed by atoms with E-state index in [0.717, 1.165) is 27.6 Å². The predicted octanol–water partition coefficient (Wildman–Crippen LogP) is 13.8. The molecule has 8 aromatic carbocycles. The van der Waals surface area contributed by atoms with Crippen LogP contribution in [0.2, 0.25) is 0 Å². The fourth-order valence-electron chi connectivity index (χ4n) is 8.59. The molecule has 0 aliphatic heterocycles. The topological polar surface area (TPSA) is 23.0 Å². The Kier molecular flexibility index (Phi) is 5.65. The van der Waals surface area contributed by atoms with Crippen molar-refractivity contribution in [3.8, 4) is 22.5 Å². The van der Waals surface area contributed by atoms with Crippen LogP contribution in [-0.2, 0) is 0 Å². The summed E-state index contributed by atoms with van der Waals surface area (Å²) < 4.78 is 13.9. The van der Waals surface area contributed by atoms with E-state index >= 15 is 0 Å².